The molecule has 10 nitrogen and oxygen atoms in total. The molecule has 32 heavy (non-hydrogen) atoms. The summed E-state index contributed by atoms with van der Waals surface area (Å²) in [6.07, 6.45) is 0.281. The Kier molecular flexibility index (Phi) is 7.41. The van der Waals surface area contributed by atoms with E-state index in [9.17, 15) is 25.1 Å². The maximum Gasteiger partial charge on any atom is 0.272 e. The summed E-state index contributed by atoms with van der Waals surface area (Å²) in [4.78, 5) is 22.7. The van der Waals surface area contributed by atoms with Gasteiger partial charge in [0.2, 0.25) is 0 Å². The van der Waals surface area contributed by atoms with Gasteiger partial charge >= 0.3 is 0 Å². The number of ether oxygens (including phenoxy) is 1. The fourth-order valence-corrected chi connectivity index (χ4v) is 3.18. The summed E-state index contributed by atoms with van der Waals surface area (Å²) in [7, 11) is 0. The van der Waals surface area contributed by atoms with Crippen LogP contribution in [0, 0.1) is 17.0 Å². The number of rotatable bonds is 9. The average Bonchev–Trinajstić information content (AvgIpc) is 3.25. The lowest BCUT2D eigenvalue weighted by atomic mass is 10.0. The molecular formula is C21H21ClN4O6. The zero-order valence-electron chi connectivity index (χ0n) is 17.0. The zero-order valence-corrected chi connectivity index (χ0v) is 17.8. The van der Waals surface area contributed by atoms with Gasteiger partial charge in [-0.05, 0) is 54.4 Å². The number of nitrogens with one attached hydrogen (secondary N) is 1. The summed E-state index contributed by atoms with van der Waals surface area (Å²) < 4.78 is 7.10. The maximum absolute atomic E-state index is 12.5. The Labute approximate surface area is 188 Å². The van der Waals surface area contributed by atoms with E-state index in [0.29, 0.717) is 16.3 Å². The molecule has 0 bridgehead atoms. The molecule has 0 spiro atoms. The highest BCUT2D eigenvalue weighted by atomic mass is 35.5. The van der Waals surface area contributed by atoms with Crippen LogP contribution in [0.2, 0.25) is 5.02 Å². The van der Waals surface area contributed by atoms with Gasteiger partial charge in [-0.15, -0.1) is 0 Å². The molecule has 3 rings (SSSR count). The normalized spacial score (nSPS) is 12.8. The zero-order chi connectivity index (χ0) is 23.3. The molecule has 1 amide bonds. The molecule has 1 aromatic heterocycles. The lowest BCUT2D eigenvalue weighted by Gasteiger charge is -2.22. The van der Waals surface area contributed by atoms with E-state index in [-0.39, 0.29) is 18.1 Å². The summed E-state index contributed by atoms with van der Waals surface area (Å²) >= 11 is 5.93. The topological polar surface area (TPSA) is 140 Å². The second kappa shape index (κ2) is 10.2. The van der Waals surface area contributed by atoms with Crippen molar-refractivity contribution in [2.45, 2.75) is 25.8 Å². The summed E-state index contributed by atoms with van der Waals surface area (Å²) in [6.45, 7) is 1.36. The van der Waals surface area contributed by atoms with Crippen molar-refractivity contribution >= 4 is 23.2 Å². The first-order valence-corrected chi connectivity index (χ1v) is 9.93. The maximum atomic E-state index is 12.5. The molecule has 2 unspecified atom stereocenters. The lowest BCUT2D eigenvalue weighted by molar-refractivity contribution is -0.384. The van der Waals surface area contributed by atoms with Crippen LogP contribution in [-0.4, -0.2) is 43.5 Å². The number of hydrogen-bond acceptors (Lipinski definition) is 7. The van der Waals surface area contributed by atoms with E-state index in [1.54, 1.807) is 24.4 Å². The molecule has 0 fully saturated rings. The molecule has 0 aliphatic carbocycles. The molecule has 0 saturated heterocycles. The third-order valence-electron chi connectivity index (χ3n) is 4.70. The number of aromatic nitrogens is 2. The van der Waals surface area contributed by atoms with Crippen LogP contribution in [0.5, 0.6) is 5.75 Å². The van der Waals surface area contributed by atoms with Crippen molar-refractivity contribution in [2.24, 2.45) is 0 Å². The van der Waals surface area contributed by atoms with E-state index in [1.165, 1.54) is 35.0 Å². The molecule has 168 valence electrons. The highest BCUT2D eigenvalue weighted by Crippen LogP contribution is 2.22. The van der Waals surface area contributed by atoms with E-state index in [2.05, 4.69) is 10.4 Å². The Morgan fingerprint density at radius 2 is 2.00 bits per heavy atom. The number of benzene rings is 2. The van der Waals surface area contributed by atoms with E-state index in [0.717, 1.165) is 5.56 Å². The van der Waals surface area contributed by atoms with Crippen molar-refractivity contribution in [1.29, 1.82) is 0 Å². The molecule has 0 aliphatic rings. The molecular weight excluding hydrogens is 440 g/mol. The third kappa shape index (κ3) is 5.61. The van der Waals surface area contributed by atoms with Gasteiger partial charge in [-0.1, -0.05) is 11.6 Å². The Balaban J connectivity index is 1.61. The number of carbonyl (C=O) groups is 1. The highest BCUT2D eigenvalue weighted by Gasteiger charge is 2.24. The minimum atomic E-state index is -1.27. The number of nitro groups is 1. The molecule has 2 aromatic carbocycles. The standard InChI is InChI=1S/C21H21ClN4O6/c1-13-10-15(22)4-7-19(13)32-12-25-9-8-17(24-25)21(29)23-18(11-27)20(28)14-2-5-16(6-3-14)26(30)31/h2-10,18,20,27-28H,11-12H2,1H3,(H,23,29). The number of non-ortho nitro benzene ring substituents is 1. The molecule has 0 aliphatic heterocycles. The summed E-state index contributed by atoms with van der Waals surface area (Å²) in [5.41, 5.74) is 1.10. The molecule has 1 heterocycles. The minimum Gasteiger partial charge on any atom is -0.471 e. The number of nitrogens with zero attached hydrogens (tertiary/aromatic N) is 3. The van der Waals surface area contributed by atoms with Crippen LogP contribution in [-0.2, 0) is 6.73 Å². The van der Waals surface area contributed by atoms with Crippen LogP contribution in [0.25, 0.3) is 0 Å². The van der Waals surface area contributed by atoms with Crippen LogP contribution in [0.1, 0.15) is 27.7 Å². The quantitative estimate of drug-likeness (QED) is 0.329. The average molecular weight is 461 g/mol. The summed E-state index contributed by atoms with van der Waals surface area (Å²) in [5.74, 6) is 0.0221. The fourth-order valence-electron chi connectivity index (χ4n) is 2.96. The molecule has 3 aromatic rings. The first kappa shape index (κ1) is 23.2. The number of aliphatic hydroxyl groups is 2. The number of aryl methyl sites for hydroxylation is 1. The largest absolute Gasteiger partial charge is 0.471 e. The second-order valence-corrected chi connectivity index (χ2v) is 7.42. The highest BCUT2D eigenvalue weighted by molar-refractivity contribution is 6.30. The van der Waals surface area contributed by atoms with Crippen LogP contribution in [0.3, 0.4) is 0 Å². The van der Waals surface area contributed by atoms with Gasteiger partial charge in [0.15, 0.2) is 6.73 Å². The molecule has 2 atom stereocenters. The predicted octanol–water partition coefficient (Wildman–Crippen LogP) is 2.61. The van der Waals surface area contributed by atoms with Gasteiger partial charge in [0.05, 0.1) is 17.6 Å². The van der Waals surface area contributed by atoms with Crippen LogP contribution in [0.4, 0.5) is 5.69 Å². The van der Waals surface area contributed by atoms with Gasteiger partial charge in [0, 0.05) is 23.4 Å². The number of aliphatic hydroxyl groups excluding tert-OH is 2. The van der Waals surface area contributed by atoms with E-state index < -0.39 is 29.6 Å². The van der Waals surface area contributed by atoms with E-state index >= 15 is 0 Å². The van der Waals surface area contributed by atoms with Crippen molar-refractivity contribution in [3.05, 3.63) is 86.7 Å². The Morgan fingerprint density at radius 1 is 1.28 bits per heavy atom. The summed E-state index contributed by atoms with van der Waals surface area (Å²) in [6, 6.07) is 10.8. The van der Waals surface area contributed by atoms with Crippen molar-refractivity contribution in [3.8, 4) is 5.75 Å². The SMILES string of the molecule is Cc1cc(Cl)ccc1OCn1ccc(C(=O)NC(CO)C(O)c2ccc([N+](=O)[O-])cc2)n1. The minimum absolute atomic E-state index is 0.0601. The van der Waals surface area contributed by atoms with Crippen molar-refractivity contribution in [2.75, 3.05) is 6.61 Å². The van der Waals surface area contributed by atoms with E-state index in [1.807, 2.05) is 6.92 Å². The Morgan fingerprint density at radius 3 is 2.62 bits per heavy atom. The third-order valence-corrected chi connectivity index (χ3v) is 4.94. The van der Waals surface area contributed by atoms with Gasteiger partial charge in [0.1, 0.15) is 17.5 Å². The van der Waals surface area contributed by atoms with E-state index in [4.69, 9.17) is 16.3 Å². The lowest BCUT2D eigenvalue weighted by Crippen LogP contribution is -2.42. The first-order chi connectivity index (χ1) is 15.3. The number of amides is 1. The Bertz CT molecular complexity index is 1100. The number of nitro benzene ring substituents is 1. The molecule has 3 N–H and O–H groups in total. The Hall–Kier alpha value is -3.47. The van der Waals surface area contributed by atoms with Crippen LogP contribution >= 0.6 is 11.6 Å². The fraction of sp³-hybridized carbons (Fsp3) is 0.238. The van der Waals surface area contributed by atoms with Crippen LogP contribution in [0.15, 0.2) is 54.7 Å². The number of halogens is 1. The van der Waals surface area contributed by atoms with Gasteiger partial charge < -0.3 is 20.3 Å². The number of hydrogen-bond donors (Lipinski definition) is 3. The van der Waals surface area contributed by atoms with Crippen molar-refractivity contribution in [1.82, 2.24) is 15.1 Å². The van der Waals surface area contributed by atoms with Crippen LogP contribution < -0.4 is 10.1 Å². The predicted molar refractivity (Wildman–Crippen MR) is 115 cm³/mol. The van der Waals surface area contributed by atoms with Gasteiger partial charge in [-0.25, -0.2) is 4.68 Å². The molecule has 11 heteroatoms. The number of carbonyl (C=O) groups excluding carboxylic acids is 1. The second-order valence-electron chi connectivity index (χ2n) is 6.98. The van der Waals surface area contributed by atoms with Gasteiger partial charge in [0.25, 0.3) is 11.6 Å². The van der Waals surface area contributed by atoms with Gasteiger partial charge in [-0.3, -0.25) is 14.9 Å². The molecule has 0 radical (unpaired) electrons. The first-order valence-electron chi connectivity index (χ1n) is 9.55. The van der Waals surface area contributed by atoms with Gasteiger partial charge in [-0.2, -0.15) is 5.10 Å². The van der Waals surface area contributed by atoms with Crippen molar-refractivity contribution < 1.29 is 24.7 Å². The monoisotopic (exact) mass is 460 g/mol. The molecule has 0 saturated carbocycles. The van der Waals surface area contributed by atoms with Crippen molar-refractivity contribution in [3.63, 3.8) is 0 Å². The summed E-state index contributed by atoms with van der Waals surface area (Å²) in [5, 5.41) is 38.1. The smallest absolute Gasteiger partial charge is 0.272 e.